The zero-order valence-corrected chi connectivity index (χ0v) is 13.5. The fraction of sp³-hybridized carbons (Fsp3) is 0.368. The van der Waals surface area contributed by atoms with Gasteiger partial charge in [-0.2, -0.15) is 0 Å². The molecule has 2 aromatic rings. The third kappa shape index (κ3) is 4.52. The van der Waals surface area contributed by atoms with Gasteiger partial charge in [-0.05, 0) is 35.2 Å². The van der Waals surface area contributed by atoms with E-state index in [1.54, 1.807) is 0 Å². The first-order valence-electron chi connectivity index (χ1n) is 7.46. The van der Waals surface area contributed by atoms with E-state index in [0.717, 1.165) is 12.3 Å². The van der Waals surface area contributed by atoms with Gasteiger partial charge >= 0.3 is 0 Å². The van der Waals surface area contributed by atoms with Crippen LogP contribution >= 0.6 is 0 Å². The Bertz CT molecular complexity index is 540. The van der Waals surface area contributed by atoms with E-state index in [-0.39, 0.29) is 5.41 Å². The van der Waals surface area contributed by atoms with E-state index in [0.29, 0.717) is 6.61 Å². The average molecular weight is 283 g/mol. The second-order valence-electron chi connectivity index (χ2n) is 6.38. The fourth-order valence-corrected chi connectivity index (χ4v) is 2.16. The van der Waals surface area contributed by atoms with Gasteiger partial charge in [0.25, 0.3) is 0 Å². The molecule has 2 aromatic carbocycles. The number of hydrogen-bond acceptors (Lipinski definition) is 2. The molecule has 2 nitrogen and oxygen atoms in total. The molecule has 2 heteroatoms. The monoisotopic (exact) mass is 283 g/mol. The Balaban J connectivity index is 1.84. The average Bonchev–Trinajstić information content (AvgIpc) is 2.47. The summed E-state index contributed by atoms with van der Waals surface area (Å²) in [6, 6.07) is 18.8. The van der Waals surface area contributed by atoms with Gasteiger partial charge in [-0.1, -0.05) is 51.1 Å². The molecule has 2 rings (SSSR count). The molecule has 0 aliphatic heterocycles. The van der Waals surface area contributed by atoms with Gasteiger partial charge in [-0.15, -0.1) is 0 Å². The van der Waals surface area contributed by atoms with Crippen LogP contribution in [0.4, 0.5) is 5.69 Å². The van der Waals surface area contributed by atoms with Crippen molar-refractivity contribution in [1.29, 1.82) is 0 Å². The van der Waals surface area contributed by atoms with Gasteiger partial charge in [0.05, 0.1) is 6.54 Å². The van der Waals surface area contributed by atoms with Crippen molar-refractivity contribution in [1.82, 2.24) is 0 Å². The van der Waals surface area contributed by atoms with Gasteiger partial charge < -0.3 is 9.64 Å². The van der Waals surface area contributed by atoms with Crippen molar-refractivity contribution < 1.29 is 4.74 Å². The van der Waals surface area contributed by atoms with E-state index in [4.69, 9.17) is 4.74 Å². The second kappa shape index (κ2) is 6.66. The summed E-state index contributed by atoms with van der Waals surface area (Å²) >= 11 is 0. The van der Waals surface area contributed by atoms with Crippen molar-refractivity contribution in [3.63, 3.8) is 0 Å². The molecule has 112 valence electrons. The van der Waals surface area contributed by atoms with Crippen LogP contribution in [-0.2, 0) is 5.41 Å². The standard InChI is InChI=1S/C19H25NO/c1-19(2,3)16-10-12-18(13-11-16)21-15-14-20(4)17-8-6-5-7-9-17/h5-13H,14-15H2,1-4H3. The van der Waals surface area contributed by atoms with Crippen LogP contribution in [0, 0.1) is 0 Å². The lowest BCUT2D eigenvalue weighted by molar-refractivity contribution is 0.325. The molecule has 0 aliphatic carbocycles. The number of para-hydroxylation sites is 1. The Kier molecular flexibility index (Phi) is 4.89. The molecule has 0 heterocycles. The minimum absolute atomic E-state index is 0.187. The van der Waals surface area contributed by atoms with Crippen molar-refractivity contribution in [2.24, 2.45) is 0 Å². The molecule has 0 fully saturated rings. The number of hydrogen-bond donors (Lipinski definition) is 0. The van der Waals surface area contributed by atoms with Crippen molar-refractivity contribution in [3.8, 4) is 5.75 Å². The van der Waals surface area contributed by atoms with E-state index in [9.17, 15) is 0 Å². The second-order valence-corrected chi connectivity index (χ2v) is 6.38. The molecule has 0 bridgehead atoms. The highest BCUT2D eigenvalue weighted by Gasteiger charge is 2.12. The van der Waals surface area contributed by atoms with Crippen molar-refractivity contribution >= 4 is 5.69 Å². The maximum atomic E-state index is 5.82. The molecule has 0 amide bonds. The topological polar surface area (TPSA) is 12.5 Å². The summed E-state index contributed by atoms with van der Waals surface area (Å²) < 4.78 is 5.82. The summed E-state index contributed by atoms with van der Waals surface area (Å²) in [7, 11) is 2.08. The number of ether oxygens (including phenoxy) is 1. The predicted octanol–water partition coefficient (Wildman–Crippen LogP) is 4.50. The van der Waals surface area contributed by atoms with Gasteiger partial charge in [-0.25, -0.2) is 0 Å². The van der Waals surface area contributed by atoms with Crippen LogP contribution in [-0.4, -0.2) is 20.2 Å². The van der Waals surface area contributed by atoms with Crippen LogP contribution in [0.25, 0.3) is 0 Å². The highest BCUT2D eigenvalue weighted by Crippen LogP contribution is 2.24. The van der Waals surface area contributed by atoms with Crippen molar-refractivity contribution in [2.75, 3.05) is 25.1 Å². The van der Waals surface area contributed by atoms with E-state index in [2.05, 4.69) is 81.2 Å². The number of anilines is 1. The Hall–Kier alpha value is -1.96. The zero-order chi connectivity index (χ0) is 15.3. The molecule has 0 N–H and O–H groups in total. The highest BCUT2D eigenvalue weighted by atomic mass is 16.5. The van der Waals surface area contributed by atoms with Crippen molar-refractivity contribution in [2.45, 2.75) is 26.2 Å². The SMILES string of the molecule is CN(CCOc1ccc(C(C)(C)C)cc1)c1ccccc1. The molecular weight excluding hydrogens is 258 g/mol. The third-order valence-electron chi connectivity index (χ3n) is 3.61. The van der Waals surface area contributed by atoms with E-state index < -0.39 is 0 Å². The summed E-state index contributed by atoms with van der Waals surface area (Å²) in [6.45, 7) is 8.21. The Labute approximate surface area is 128 Å². The van der Waals surface area contributed by atoms with E-state index >= 15 is 0 Å². The summed E-state index contributed by atoms with van der Waals surface area (Å²) in [6.07, 6.45) is 0. The van der Waals surface area contributed by atoms with Crippen LogP contribution in [0.3, 0.4) is 0 Å². The number of benzene rings is 2. The van der Waals surface area contributed by atoms with Gasteiger partial charge in [0.1, 0.15) is 12.4 Å². The lowest BCUT2D eigenvalue weighted by atomic mass is 9.87. The first-order valence-corrected chi connectivity index (χ1v) is 7.46. The van der Waals surface area contributed by atoms with Gasteiger partial charge in [0.2, 0.25) is 0 Å². The Morgan fingerprint density at radius 3 is 2.10 bits per heavy atom. The summed E-state index contributed by atoms with van der Waals surface area (Å²) in [4.78, 5) is 2.20. The normalized spacial score (nSPS) is 11.2. The molecule has 0 saturated carbocycles. The van der Waals surface area contributed by atoms with E-state index in [1.165, 1.54) is 11.3 Å². The molecular formula is C19H25NO. The number of rotatable bonds is 5. The molecule has 21 heavy (non-hydrogen) atoms. The third-order valence-corrected chi connectivity index (χ3v) is 3.61. The summed E-state index contributed by atoms with van der Waals surface area (Å²) in [5.74, 6) is 0.935. The summed E-state index contributed by atoms with van der Waals surface area (Å²) in [5, 5.41) is 0. The molecule has 0 atom stereocenters. The minimum Gasteiger partial charge on any atom is -0.492 e. The predicted molar refractivity (Wildman–Crippen MR) is 90.3 cm³/mol. The van der Waals surface area contributed by atoms with Crippen LogP contribution in [0.15, 0.2) is 54.6 Å². The first-order chi connectivity index (χ1) is 9.97. The first kappa shape index (κ1) is 15.4. The van der Waals surface area contributed by atoms with Crippen molar-refractivity contribution in [3.05, 3.63) is 60.2 Å². The number of likely N-dealkylation sites (N-methyl/N-ethyl adjacent to an activating group) is 1. The Morgan fingerprint density at radius 1 is 0.905 bits per heavy atom. The zero-order valence-electron chi connectivity index (χ0n) is 13.5. The fourth-order valence-electron chi connectivity index (χ4n) is 2.16. The Morgan fingerprint density at radius 2 is 1.52 bits per heavy atom. The maximum Gasteiger partial charge on any atom is 0.119 e. The van der Waals surface area contributed by atoms with Crippen LogP contribution in [0.1, 0.15) is 26.3 Å². The molecule has 0 spiro atoms. The van der Waals surface area contributed by atoms with Crippen LogP contribution in [0.2, 0.25) is 0 Å². The maximum absolute atomic E-state index is 5.82. The molecule has 0 aliphatic rings. The van der Waals surface area contributed by atoms with Gasteiger partial charge in [0, 0.05) is 12.7 Å². The largest absolute Gasteiger partial charge is 0.492 e. The molecule has 0 unspecified atom stereocenters. The lowest BCUT2D eigenvalue weighted by Gasteiger charge is -2.20. The molecule has 0 radical (unpaired) electrons. The highest BCUT2D eigenvalue weighted by molar-refractivity contribution is 5.44. The summed E-state index contributed by atoms with van der Waals surface area (Å²) in [5.41, 5.74) is 2.73. The number of nitrogens with zero attached hydrogens (tertiary/aromatic N) is 1. The van der Waals surface area contributed by atoms with E-state index in [1.807, 2.05) is 6.07 Å². The van der Waals surface area contributed by atoms with Gasteiger partial charge in [0.15, 0.2) is 0 Å². The van der Waals surface area contributed by atoms with Crippen LogP contribution in [0.5, 0.6) is 5.75 Å². The smallest absolute Gasteiger partial charge is 0.119 e. The lowest BCUT2D eigenvalue weighted by Crippen LogP contribution is -2.23. The minimum atomic E-state index is 0.187. The molecule has 0 aromatic heterocycles. The van der Waals surface area contributed by atoms with Gasteiger partial charge in [-0.3, -0.25) is 0 Å². The molecule has 0 saturated heterocycles. The quantitative estimate of drug-likeness (QED) is 0.801. The van der Waals surface area contributed by atoms with Crippen LogP contribution < -0.4 is 9.64 Å².